The van der Waals surface area contributed by atoms with Crippen molar-refractivity contribution in [3.63, 3.8) is 0 Å². The molecule has 0 unspecified atom stereocenters. The number of aryl methyl sites for hydroxylation is 1. The predicted molar refractivity (Wildman–Crippen MR) is 93.1 cm³/mol. The second-order valence-electron chi connectivity index (χ2n) is 5.94. The minimum atomic E-state index is 0.0422. The van der Waals surface area contributed by atoms with Gasteiger partial charge in [0, 0.05) is 29.2 Å². The van der Waals surface area contributed by atoms with Crippen molar-refractivity contribution in [3.05, 3.63) is 60.0 Å². The van der Waals surface area contributed by atoms with Gasteiger partial charge < -0.3 is 10.5 Å². The molecule has 0 fully saturated rings. The molecule has 0 spiro atoms. The van der Waals surface area contributed by atoms with Crippen LogP contribution in [0.3, 0.4) is 0 Å². The third kappa shape index (κ3) is 2.43. The Kier molecular flexibility index (Phi) is 3.70. The van der Waals surface area contributed by atoms with Gasteiger partial charge in [-0.3, -0.25) is 9.67 Å². The molecule has 1 aliphatic carbocycles. The molecule has 0 bridgehead atoms. The first-order chi connectivity index (χ1) is 11.8. The van der Waals surface area contributed by atoms with Crippen LogP contribution in [0.25, 0.3) is 22.4 Å². The minimum Gasteiger partial charge on any atom is -0.394 e. The minimum absolute atomic E-state index is 0.0422. The SMILES string of the molecule is N=C1CCc2cc(-c3cnn(CCO)c3-c3ccncc3)ccc21. The lowest BCUT2D eigenvalue weighted by molar-refractivity contribution is 0.270. The van der Waals surface area contributed by atoms with Crippen molar-refractivity contribution in [2.45, 2.75) is 19.4 Å². The first-order valence-corrected chi connectivity index (χ1v) is 8.06. The molecule has 4 rings (SSSR count). The molecule has 0 atom stereocenters. The number of pyridine rings is 1. The van der Waals surface area contributed by atoms with Crippen LogP contribution in [-0.4, -0.2) is 32.2 Å². The zero-order valence-electron chi connectivity index (χ0n) is 13.2. The standard InChI is InChI=1S/C19H18N4O/c20-18-4-2-14-11-15(1-3-16(14)18)17-12-22-23(9-10-24)19(17)13-5-7-21-8-6-13/h1,3,5-8,11-12,20,24H,2,4,9-10H2. The number of aliphatic hydroxyl groups is 1. The molecule has 5 heteroatoms. The molecule has 2 aromatic heterocycles. The van der Waals surface area contributed by atoms with Crippen molar-refractivity contribution in [1.29, 1.82) is 5.41 Å². The number of benzene rings is 1. The number of rotatable bonds is 4. The fourth-order valence-corrected chi connectivity index (χ4v) is 3.33. The van der Waals surface area contributed by atoms with Gasteiger partial charge in [0.15, 0.2) is 0 Å². The summed E-state index contributed by atoms with van der Waals surface area (Å²) >= 11 is 0. The van der Waals surface area contributed by atoms with E-state index in [1.165, 1.54) is 5.56 Å². The smallest absolute Gasteiger partial charge is 0.0762 e. The maximum atomic E-state index is 9.33. The summed E-state index contributed by atoms with van der Waals surface area (Å²) in [4.78, 5) is 4.09. The molecule has 0 saturated heterocycles. The number of aromatic nitrogens is 3. The number of fused-ring (bicyclic) bond motifs is 1. The monoisotopic (exact) mass is 318 g/mol. The van der Waals surface area contributed by atoms with Crippen LogP contribution in [0, 0.1) is 5.41 Å². The predicted octanol–water partition coefficient (Wildman–Crippen LogP) is 2.92. The fraction of sp³-hybridized carbons (Fsp3) is 0.211. The van der Waals surface area contributed by atoms with E-state index in [1.54, 1.807) is 12.4 Å². The lowest BCUT2D eigenvalue weighted by Gasteiger charge is -2.10. The third-order valence-electron chi connectivity index (χ3n) is 4.49. The van der Waals surface area contributed by atoms with E-state index in [-0.39, 0.29) is 6.61 Å². The molecule has 120 valence electrons. The van der Waals surface area contributed by atoms with Crippen molar-refractivity contribution in [1.82, 2.24) is 14.8 Å². The molecule has 2 heterocycles. The highest BCUT2D eigenvalue weighted by molar-refractivity contribution is 6.03. The van der Waals surface area contributed by atoms with Gasteiger partial charge >= 0.3 is 0 Å². The van der Waals surface area contributed by atoms with Crippen LogP contribution in [0.4, 0.5) is 0 Å². The largest absolute Gasteiger partial charge is 0.394 e. The summed E-state index contributed by atoms with van der Waals surface area (Å²) in [6, 6.07) is 10.2. The molecular formula is C19H18N4O. The second-order valence-corrected chi connectivity index (χ2v) is 5.94. The highest BCUT2D eigenvalue weighted by Crippen LogP contribution is 2.34. The molecule has 0 aliphatic heterocycles. The van der Waals surface area contributed by atoms with E-state index in [2.05, 4.69) is 22.2 Å². The van der Waals surface area contributed by atoms with Crippen molar-refractivity contribution in [2.75, 3.05) is 6.61 Å². The lowest BCUT2D eigenvalue weighted by atomic mass is 9.98. The van der Waals surface area contributed by atoms with Gasteiger partial charge in [0.05, 0.1) is 25.0 Å². The van der Waals surface area contributed by atoms with Gasteiger partial charge in [-0.1, -0.05) is 18.2 Å². The Morgan fingerprint density at radius 2 is 1.88 bits per heavy atom. The van der Waals surface area contributed by atoms with E-state index in [1.807, 2.05) is 29.1 Å². The van der Waals surface area contributed by atoms with Crippen molar-refractivity contribution in [3.8, 4) is 22.4 Å². The molecule has 0 saturated carbocycles. The Balaban J connectivity index is 1.86. The van der Waals surface area contributed by atoms with Gasteiger partial charge in [0.2, 0.25) is 0 Å². The van der Waals surface area contributed by atoms with E-state index >= 15 is 0 Å². The Morgan fingerprint density at radius 1 is 1.04 bits per heavy atom. The van der Waals surface area contributed by atoms with E-state index in [0.29, 0.717) is 6.54 Å². The summed E-state index contributed by atoms with van der Waals surface area (Å²) in [5, 5.41) is 21.8. The Morgan fingerprint density at radius 3 is 2.67 bits per heavy atom. The summed E-state index contributed by atoms with van der Waals surface area (Å²) in [6.07, 6.45) is 7.13. The van der Waals surface area contributed by atoms with E-state index in [4.69, 9.17) is 5.41 Å². The summed E-state index contributed by atoms with van der Waals surface area (Å²) in [5.74, 6) is 0. The van der Waals surface area contributed by atoms with Crippen molar-refractivity contribution >= 4 is 5.71 Å². The third-order valence-corrected chi connectivity index (χ3v) is 4.49. The maximum Gasteiger partial charge on any atom is 0.0762 e. The molecule has 1 aromatic carbocycles. The van der Waals surface area contributed by atoms with Crippen LogP contribution in [-0.2, 0) is 13.0 Å². The molecule has 24 heavy (non-hydrogen) atoms. The first kappa shape index (κ1) is 14.8. The van der Waals surface area contributed by atoms with E-state index < -0.39 is 0 Å². The van der Waals surface area contributed by atoms with E-state index in [9.17, 15) is 5.11 Å². The number of hydrogen-bond acceptors (Lipinski definition) is 4. The molecule has 3 aromatic rings. The number of nitrogens with one attached hydrogen (secondary N) is 1. The molecule has 2 N–H and O–H groups in total. The Bertz CT molecular complexity index is 899. The average molecular weight is 318 g/mol. The van der Waals surface area contributed by atoms with Crippen LogP contribution < -0.4 is 0 Å². The summed E-state index contributed by atoms with van der Waals surface area (Å²) in [6.45, 7) is 0.494. The fourth-order valence-electron chi connectivity index (χ4n) is 3.33. The van der Waals surface area contributed by atoms with Crippen LogP contribution >= 0.6 is 0 Å². The zero-order valence-corrected chi connectivity index (χ0v) is 13.2. The van der Waals surface area contributed by atoms with E-state index in [0.717, 1.165) is 46.5 Å². The maximum absolute atomic E-state index is 9.33. The Hall–Kier alpha value is -2.79. The molecule has 0 amide bonds. The van der Waals surface area contributed by atoms with Crippen molar-refractivity contribution < 1.29 is 5.11 Å². The molecule has 1 aliphatic rings. The number of nitrogens with zero attached hydrogens (tertiary/aromatic N) is 3. The topological polar surface area (TPSA) is 74.8 Å². The normalized spacial score (nSPS) is 13.3. The quantitative estimate of drug-likeness (QED) is 0.776. The van der Waals surface area contributed by atoms with Gasteiger partial charge in [0.25, 0.3) is 0 Å². The van der Waals surface area contributed by atoms with Crippen LogP contribution in [0.1, 0.15) is 17.5 Å². The van der Waals surface area contributed by atoms with Crippen LogP contribution in [0.15, 0.2) is 48.9 Å². The summed E-state index contributed by atoms with van der Waals surface area (Å²) < 4.78 is 1.83. The summed E-state index contributed by atoms with van der Waals surface area (Å²) in [7, 11) is 0. The molecule has 5 nitrogen and oxygen atoms in total. The zero-order chi connectivity index (χ0) is 16.5. The van der Waals surface area contributed by atoms with Gasteiger partial charge in [-0.25, -0.2) is 0 Å². The van der Waals surface area contributed by atoms with Gasteiger partial charge in [0.1, 0.15) is 0 Å². The molecular weight excluding hydrogens is 300 g/mol. The average Bonchev–Trinajstić information content (AvgIpc) is 3.20. The van der Waals surface area contributed by atoms with Crippen LogP contribution in [0.2, 0.25) is 0 Å². The lowest BCUT2D eigenvalue weighted by Crippen LogP contribution is -2.05. The van der Waals surface area contributed by atoms with Gasteiger partial charge in [-0.2, -0.15) is 5.10 Å². The van der Waals surface area contributed by atoms with Gasteiger partial charge in [-0.15, -0.1) is 0 Å². The summed E-state index contributed by atoms with van der Waals surface area (Å²) in [5.41, 5.74) is 7.16. The highest BCUT2D eigenvalue weighted by atomic mass is 16.3. The van der Waals surface area contributed by atoms with Crippen molar-refractivity contribution in [2.24, 2.45) is 0 Å². The first-order valence-electron chi connectivity index (χ1n) is 8.06. The molecule has 0 radical (unpaired) electrons. The number of hydrogen-bond donors (Lipinski definition) is 2. The highest BCUT2D eigenvalue weighted by Gasteiger charge is 2.19. The Labute approximate surface area is 140 Å². The van der Waals surface area contributed by atoms with Gasteiger partial charge in [-0.05, 0) is 41.7 Å². The number of aliphatic hydroxyl groups excluding tert-OH is 1. The second kappa shape index (κ2) is 6.02. The van der Waals surface area contributed by atoms with Crippen LogP contribution in [0.5, 0.6) is 0 Å².